The predicted octanol–water partition coefficient (Wildman–Crippen LogP) is -0.832. The summed E-state index contributed by atoms with van der Waals surface area (Å²) in [6.07, 6.45) is 8.45. The van der Waals surface area contributed by atoms with Crippen molar-refractivity contribution in [3.63, 3.8) is 0 Å². The zero-order chi connectivity index (χ0) is 13.7. The van der Waals surface area contributed by atoms with E-state index in [2.05, 4.69) is 15.6 Å². The van der Waals surface area contributed by atoms with Crippen LogP contribution in [0.15, 0.2) is 18.7 Å². The molecular weight excluding hydrogens is 246 g/mol. The number of nitrogens with zero attached hydrogens (tertiary/aromatic N) is 2. The molecule has 19 heavy (non-hydrogen) atoms. The molecule has 2 rings (SSSR count). The molecule has 1 aliphatic rings. The molecule has 4 N–H and O–H groups in total. The van der Waals surface area contributed by atoms with Crippen LogP contribution in [0.2, 0.25) is 0 Å². The lowest BCUT2D eigenvalue weighted by molar-refractivity contribution is -0.125. The second-order valence-corrected chi connectivity index (χ2v) is 4.66. The van der Waals surface area contributed by atoms with Crippen LogP contribution in [0, 0.1) is 0 Å². The van der Waals surface area contributed by atoms with E-state index in [9.17, 15) is 9.59 Å². The van der Waals surface area contributed by atoms with E-state index in [0.717, 1.165) is 19.3 Å². The number of nitrogens with one attached hydrogen (secondary N) is 2. The smallest absolute Gasteiger partial charge is 0.239 e. The van der Waals surface area contributed by atoms with Crippen molar-refractivity contribution in [3.05, 3.63) is 18.7 Å². The first-order valence-corrected chi connectivity index (χ1v) is 6.44. The van der Waals surface area contributed by atoms with Gasteiger partial charge in [0.2, 0.25) is 11.8 Å². The Hall–Kier alpha value is -1.89. The van der Waals surface area contributed by atoms with Gasteiger partial charge in [-0.25, -0.2) is 4.98 Å². The summed E-state index contributed by atoms with van der Waals surface area (Å²) in [5.74, 6) is -0.508. The first kappa shape index (κ1) is 13.5. The Morgan fingerprint density at radius 1 is 1.37 bits per heavy atom. The highest BCUT2D eigenvalue weighted by atomic mass is 16.2. The van der Waals surface area contributed by atoms with Crippen LogP contribution in [-0.4, -0.2) is 40.5 Å². The summed E-state index contributed by atoms with van der Waals surface area (Å²) >= 11 is 0. The molecule has 7 heteroatoms. The maximum Gasteiger partial charge on any atom is 0.239 e. The van der Waals surface area contributed by atoms with E-state index in [0.29, 0.717) is 0 Å². The third-order valence-corrected chi connectivity index (χ3v) is 3.37. The molecule has 0 bridgehead atoms. The van der Waals surface area contributed by atoms with Crippen molar-refractivity contribution < 1.29 is 9.59 Å². The molecular formula is C12H19N5O2. The molecule has 1 saturated carbocycles. The van der Waals surface area contributed by atoms with Crippen LogP contribution in [-0.2, 0) is 9.59 Å². The van der Waals surface area contributed by atoms with E-state index in [1.54, 1.807) is 12.5 Å². The molecule has 2 amide bonds. The van der Waals surface area contributed by atoms with Gasteiger partial charge >= 0.3 is 0 Å². The van der Waals surface area contributed by atoms with Crippen LogP contribution in [0.3, 0.4) is 0 Å². The number of carbonyl (C=O) groups is 2. The third kappa shape index (κ3) is 3.54. The topological polar surface area (TPSA) is 102 Å². The Bertz CT molecular complexity index is 431. The summed E-state index contributed by atoms with van der Waals surface area (Å²) in [5.41, 5.74) is 5.15. The molecule has 0 radical (unpaired) electrons. The molecule has 2 unspecified atom stereocenters. The third-order valence-electron chi connectivity index (χ3n) is 3.37. The summed E-state index contributed by atoms with van der Waals surface area (Å²) in [5, 5.41) is 5.41. The Morgan fingerprint density at radius 3 is 2.89 bits per heavy atom. The maximum atomic E-state index is 11.7. The fourth-order valence-electron chi connectivity index (χ4n) is 2.44. The molecule has 7 nitrogen and oxygen atoms in total. The second kappa shape index (κ2) is 6.33. The van der Waals surface area contributed by atoms with Gasteiger partial charge in [0, 0.05) is 18.4 Å². The SMILES string of the molecule is NCC(=O)NCC(=O)NC1CCCC1n1ccnc1. The standard InChI is InChI=1S/C12H19N5O2/c13-6-11(18)15-7-12(19)16-9-2-1-3-10(9)17-5-4-14-8-17/h4-5,8-10H,1-3,6-7,13H2,(H,15,18)(H,16,19). The summed E-state index contributed by atoms with van der Waals surface area (Å²) in [6, 6.07) is 0.341. The van der Waals surface area contributed by atoms with E-state index in [-0.39, 0.29) is 37.0 Å². The summed E-state index contributed by atoms with van der Waals surface area (Å²) in [7, 11) is 0. The quantitative estimate of drug-likeness (QED) is 0.646. The number of hydrogen-bond donors (Lipinski definition) is 3. The van der Waals surface area contributed by atoms with Gasteiger partial charge in [-0.2, -0.15) is 0 Å². The number of hydrogen-bond acceptors (Lipinski definition) is 4. The van der Waals surface area contributed by atoms with Gasteiger partial charge in [-0.1, -0.05) is 0 Å². The summed E-state index contributed by atoms with van der Waals surface area (Å²) in [6.45, 7) is -0.127. The average molecular weight is 265 g/mol. The Labute approximate surface area is 111 Å². The van der Waals surface area contributed by atoms with Gasteiger partial charge in [-0.05, 0) is 19.3 Å². The van der Waals surface area contributed by atoms with E-state index in [1.807, 2.05) is 10.8 Å². The van der Waals surface area contributed by atoms with Crippen LogP contribution >= 0.6 is 0 Å². The molecule has 1 heterocycles. The van der Waals surface area contributed by atoms with Gasteiger partial charge in [-0.3, -0.25) is 9.59 Å². The van der Waals surface area contributed by atoms with Crippen LogP contribution < -0.4 is 16.4 Å². The van der Waals surface area contributed by atoms with Gasteiger partial charge in [-0.15, -0.1) is 0 Å². The van der Waals surface area contributed by atoms with Gasteiger partial charge in [0.25, 0.3) is 0 Å². The number of carbonyl (C=O) groups excluding carboxylic acids is 2. The first-order valence-electron chi connectivity index (χ1n) is 6.44. The fourth-order valence-corrected chi connectivity index (χ4v) is 2.44. The monoisotopic (exact) mass is 265 g/mol. The average Bonchev–Trinajstić information content (AvgIpc) is 3.05. The predicted molar refractivity (Wildman–Crippen MR) is 69.1 cm³/mol. The van der Waals surface area contributed by atoms with Crippen LogP contribution in [0.25, 0.3) is 0 Å². The number of rotatable bonds is 5. The number of amides is 2. The zero-order valence-electron chi connectivity index (χ0n) is 10.7. The minimum absolute atomic E-state index is 0.0246. The molecule has 1 aliphatic carbocycles. The van der Waals surface area contributed by atoms with Gasteiger partial charge in [0.05, 0.1) is 25.5 Å². The van der Waals surface area contributed by atoms with Gasteiger partial charge < -0.3 is 20.9 Å². The van der Waals surface area contributed by atoms with Gasteiger partial charge in [0.15, 0.2) is 0 Å². The minimum Gasteiger partial charge on any atom is -0.350 e. The molecule has 1 aromatic rings. The summed E-state index contributed by atoms with van der Waals surface area (Å²) < 4.78 is 2.02. The zero-order valence-corrected chi connectivity index (χ0v) is 10.7. The highest BCUT2D eigenvalue weighted by molar-refractivity contribution is 5.85. The molecule has 1 fully saturated rings. The maximum absolute atomic E-state index is 11.7. The number of aromatic nitrogens is 2. The highest BCUT2D eigenvalue weighted by Crippen LogP contribution is 2.29. The number of nitrogens with two attached hydrogens (primary N) is 1. The lowest BCUT2D eigenvalue weighted by Gasteiger charge is -2.22. The van der Waals surface area contributed by atoms with Crippen molar-refractivity contribution in [3.8, 4) is 0 Å². The van der Waals surface area contributed by atoms with Gasteiger partial charge in [0.1, 0.15) is 0 Å². The van der Waals surface area contributed by atoms with Crippen molar-refractivity contribution in [2.75, 3.05) is 13.1 Å². The lowest BCUT2D eigenvalue weighted by Crippen LogP contribution is -2.44. The molecule has 0 saturated heterocycles. The van der Waals surface area contributed by atoms with E-state index < -0.39 is 0 Å². The molecule has 0 aliphatic heterocycles. The Kier molecular flexibility index (Phi) is 4.51. The molecule has 0 spiro atoms. The Morgan fingerprint density at radius 2 is 2.21 bits per heavy atom. The first-order chi connectivity index (χ1) is 9.20. The van der Waals surface area contributed by atoms with Crippen molar-refractivity contribution in [2.24, 2.45) is 5.73 Å². The largest absolute Gasteiger partial charge is 0.350 e. The van der Waals surface area contributed by atoms with Crippen molar-refractivity contribution >= 4 is 11.8 Å². The summed E-state index contributed by atoms with van der Waals surface area (Å²) in [4.78, 5) is 26.7. The molecule has 104 valence electrons. The normalized spacial score (nSPS) is 22.2. The fraction of sp³-hybridized carbons (Fsp3) is 0.583. The minimum atomic E-state index is -0.326. The second-order valence-electron chi connectivity index (χ2n) is 4.66. The molecule has 2 atom stereocenters. The van der Waals surface area contributed by atoms with Crippen molar-refractivity contribution in [1.82, 2.24) is 20.2 Å². The highest BCUT2D eigenvalue weighted by Gasteiger charge is 2.29. The lowest BCUT2D eigenvalue weighted by atomic mass is 10.1. The van der Waals surface area contributed by atoms with E-state index >= 15 is 0 Å². The van der Waals surface area contributed by atoms with Crippen LogP contribution in [0.4, 0.5) is 0 Å². The van der Waals surface area contributed by atoms with Crippen molar-refractivity contribution in [1.29, 1.82) is 0 Å². The van der Waals surface area contributed by atoms with Crippen molar-refractivity contribution in [2.45, 2.75) is 31.3 Å². The van der Waals surface area contributed by atoms with Crippen LogP contribution in [0.1, 0.15) is 25.3 Å². The molecule has 1 aromatic heterocycles. The van der Waals surface area contributed by atoms with E-state index in [1.165, 1.54) is 0 Å². The Balaban J connectivity index is 1.84. The number of imidazole rings is 1. The molecule has 0 aromatic carbocycles. The van der Waals surface area contributed by atoms with E-state index in [4.69, 9.17) is 5.73 Å². The van der Waals surface area contributed by atoms with Crippen LogP contribution in [0.5, 0.6) is 0 Å².